The third-order valence-corrected chi connectivity index (χ3v) is 10.8. The van der Waals surface area contributed by atoms with E-state index in [0.29, 0.717) is 0 Å². The van der Waals surface area contributed by atoms with E-state index < -0.39 is 0 Å². The lowest BCUT2D eigenvalue weighted by atomic mass is 9.73. The second kappa shape index (κ2) is 11.1. The Balaban J connectivity index is 1.21. The highest BCUT2D eigenvalue weighted by Crippen LogP contribution is 2.56. The van der Waals surface area contributed by atoms with Crippen LogP contribution in [0.1, 0.15) is 23.6 Å². The summed E-state index contributed by atoms with van der Waals surface area (Å²) in [5, 5.41) is 5.07. The largest absolute Gasteiger partial charge is 0.310 e. The van der Waals surface area contributed by atoms with Gasteiger partial charge in [0, 0.05) is 38.9 Å². The molecule has 0 fully saturated rings. The summed E-state index contributed by atoms with van der Waals surface area (Å²) in [5.41, 5.74) is 13.3. The fraction of sp³-hybridized carbons (Fsp3) is 0.0417. The van der Waals surface area contributed by atoms with E-state index in [9.17, 15) is 0 Å². The summed E-state index contributed by atoms with van der Waals surface area (Å²) in [6.07, 6.45) is 0. The van der Waals surface area contributed by atoms with E-state index in [1.807, 2.05) is 0 Å². The maximum atomic E-state index is 2.45. The minimum absolute atomic E-state index is 0.335. The Kier molecular flexibility index (Phi) is 6.34. The fourth-order valence-electron chi connectivity index (χ4n) is 8.54. The van der Waals surface area contributed by atoms with E-state index in [2.05, 4.69) is 204 Å². The van der Waals surface area contributed by atoms with Gasteiger partial charge in [0.05, 0.1) is 11.0 Å². The Morgan fingerprint density at radius 3 is 1.84 bits per heavy atom. The zero-order valence-corrected chi connectivity index (χ0v) is 27.8. The summed E-state index contributed by atoms with van der Waals surface area (Å²) in [6, 6.07) is 68.7. The quantitative estimate of drug-likeness (QED) is 0.182. The van der Waals surface area contributed by atoms with Gasteiger partial charge in [-0.2, -0.15) is 0 Å². The van der Waals surface area contributed by atoms with Crippen molar-refractivity contribution in [2.45, 2.75) is 12.3 Å². The zero-order valence-electron chi connectivity index (χ0n) is 27.8. The maximum Gasteiger partial charge on any atom is 0.0542 e. The average molecular weight is 639 g/mol. The van der Waals surface area contributed by atoms with Crippen molar-refractivity contribution in [2.75, 3.05) is 4.90 Å². The predicted octanol–water partition coefficient (Wildman–Crippen LogP) is 12.7. The van der Waals surface area contributed by atoms with Crippen molar-refractivity contribution >= 4 is 49.6 Å². The van der Waals surface area contributed by atoms with Gasteiger partial charge in [-0.05, 0) is 106 Å². The standard InChI is InChI=1S/C48H34N2/c1-48(34-16-5-2-6-17-34)44-32-38(26-29-40(44)42-28-25-33-15-11-12-22-39(33)47(42)48)49(35-18-7-3-8-19-35)37-27-30-46-43(31-37)41-23-13-14-24-45(41)50(46)36-20-9-4-10-21-36/h2-32H,1H3. The van der Waals surface area contributed by atoms with Crippen molar-refractivity contribution in [2.24, 2.45) is 0 Å². The molecule has 9 aromatic rings. The van der Waals surface area contributed by atoms with Crippen molar-refractivity contribution in [3.05, 3.63) is 205 Å². The molecular weight excluding hydrogens is 605 g/mol. The van der Waals surface area contributed by atoms with E-state index in [1.54, 1.807) is 0 Å². The molecule has 2 nitrogen and oxygen atoms in total. The molecule has 8 aromatic carbocycles. The summed E-state index contributed by atoms with van der Waals surface area (Å²) in [6.45, 7) is 2.42. The molecule has 0 bridgehead atoms. The summed E-state index contributed by atoms with van der Waals surface area (Å²) in [4.78, 5) is 2.42. The molecule has 50 heavy (non-hydrogen) atoms. The number of benzene rings is 8. The van der Waals surface area contributed by atoms with Crippen molar-refractivity contribution < 1.29 is 0 Å². The van der Waals surface area contributed by atoms with E-state index in [4.69, 9.17) is 0 Å². The molecule has 1 atom stereocenters. The van der Waals surface area contributed by atoms with Crippen LogP contribution >= 0.6 is 0 Å². The molecule has 0 spiro atoms. The molecule has 236 valence electrons. The van der Waals surface area contributed by atoms with E-state index in [0.717, 1.165) is 22.7 Å². The maximum absolute atomic E-state index is 2.45. The van der Waals surface area contributed by atoms with Gasteiger partial charge in [-0.25, -0.2) is 0 Å². The minimum atomic E-state index is -0.335. The predicted molar refractivity (Wildman–Crippen MR) is 210 cm³/mol. The first kappa shape index (κ1) is 28.6. The Labute approximate surface area is 292 Å². The lowest BCUT2D eigenvalue weighted by Crippen LogP contribution is -2.23. The molecule has 10 rings (SSSR count). The molecule has 0 radical (unpaired) electrons. The van der Waals surface area contributed by atoms with E-state index in [-0.39, 0.29) is 5.41 Å². The van der Waals surface area contributed by atoms with Gasteiger partial charge in [-0.1, -0.05) is 127 Å². The van der Waals surface area contributed by atoms with Crippen LogP contribution in [0.3, 0.4) is 0 Å². The van der Waals surface area contributed by atoms with Gasteiger partial charge in [-0.3, -0.25) is 0 Å². The molecule has 0 saturated heterocycles. The average Bonchev–Trinajstić information content (AvgIpc) is 3.66. The number of anilines is 3. The monoisotopic (exact) mass is 638 g/mol. The molecule has 0 saturated carbocycles. The first-order valence-electron chi connectivity index (χ1n) is 17.4. The molecular formula is C48H34N2. The lowest BCUT2D eigenvalue weighted by molar-refractivity contribution is 0.720. The Bertz CT molecular complexity index is 2710. The van der Waals surface area contributed by atoms with Gasteiger partial charge in [0.15, 0.2) is 0 Å². The van der Waals surface area contributed by atoms with Gasteiger partial charge >= 0.3 is 0 Å². The van der Waals surface area contributed by atoms with Gasteiger partial charge < -0.3 is 9.47 Å². The SMILES string of the molecule is CC1(c2ccccc2)c2cc(N(c3ccccc3)c3ccc4c(c3)c3ccccc3n4-c3ccccc3)ccc2-c2ccc3ccccc3c21. The molecule has 0 N–H and O–H groups in total. The Hall–Kier alpha value is -6.38. The highest BCUT2D eigenvalue weighted by molar-refractivity contribution is 6.11. The third-order valence-electron chi connectivity index (χ3n) is 10.8. The Morgan fingerprint density at radius 2 is 1.04 bits per heavy atom. The fourth-order valence-corrected chi connectivity index (χ4v) is 8.54. The summed E-state index contributed by atoms with van der Waals surface area (Å²) in [7, 11) is 0. The smallest absolute Gasteiger partial charge is 0.0542 e. The summed E-state index contributed by atoms with van der Waals surface area (Å²) >= 11 is 0. The first-order valence-corrected chi connectivity index (χ1v) is 17.4. The molecule has 1 aliphatic rings. The van der Waals surface area contributed by atoms with Crippen molar-refractivity contribution in [3.63, 3.8) is 0 Å². The summed E-state index contributed by atoms with van der Waals surface area (Å²) < 4.78 is 2.38. The number of para-hydroxylation sites is 3. The number of hydrogen-bond acceptors (Lipinski definition) is 1. The summed E-state index contributed by atoms with van der Waals surface area (Å²) in [5.74, 6) is 0. The lowest BCUT2D eigenvalue weighted by Gasteiger charge is -2.31. The number of hydrogen-bond donors (Lipinski definition) is 0. The molecule has 0 amide bonds. The van der Waals surface area contributed by atoms with Crippen LogP contribution in [0.15, 0.2) is 188 Å². The van der Waals surface area contributed by atoms with Gasteiger partial charge in [0.25, 0.3) is 0 Å². The van der Waals surface area contributed by atoms with Crippen LogP contribution in [0.5, 0.6) is 0 Å². The third kappa shape index (κ3) is 4.15. The van der Waals surface area contributed by atoms with Gasteiger partial charge in [0.1, 0.15) is 0 Å². The first-order chi connectivity index (χ1) is 24.7. The van der Waals surface area contributed by atoms with Crippen LogP contribution in [0.25, 0.3) is 49.4 Å². The number of aromatic nitrogens is 1. The van der Waals surface area contributed by atoms with E-state index >= 15 is 0 Å². The topological polar surface area (TPSA) is 8.17 Å². The molecule has 1 aliphatic carbocycles. The number of nitrogens with zero attached hydrogens (tertiary/aromatic N) is 2. The van der Waals surface area contributed by atoms with Gasteiger partial charge in [0.2, 0.25) is 0 Å². The second-order valence-electron chi connectivity index (χ2n) is 13.5. The number of fused-ring (bicyclic) bond motifs is 8. The molecule has 1 aromatic heterocycles. The Morgan fingerprint density at radius 1 is 0.440 bits per heavy atom. The van der Waals surface area contributed by atoms with Crippen molar-refractivity contribution in [3.8, 4) is 16.8 Å². The van der Waals surface area contributed by atoms with Crippen LogP contribution in [0, 0.1) is 0 Å². The van der Waals surface area contributed by atoms with Gasteiger partial charge in [-0.15, -0.1) is 0 Å². The second-order valence-corrected chi connectivity index (χ2v) is 13.5. The van der Waals surface area contributed by atoms with Crippen LogP contribution in [-0.4, -0.2) is 4.57 Å². The molecule has 1 unspecified atom stereocenters. The minimum Gasteiger partial charge on any atom is -0.310 e. The molecule has 0 aliphatic heterocycles. The highest BCUT2D eigenvalue weighted by Gasteiger charge is 2.42. The van der Waals surface area contributed by atoms with E-state index in [1.165, 1.54) is 60.4 Å². The molecule has 1 heterocycles. The van der Waals surface area contributed by atoms with Crippen molar-refractivity contribution in [1.29, 1.82) is 0 Å². The highest BCUT2D eigenvalue weighted by atomic mass is 15.1. The van der Waals surface area contributed by atoms with Crippen molar-refractivity contribution in [1.82, 2.24) is 4.57 Å². The normalized spacial score (nSPS) is 15.0. The van der Waals surface area contributed by atoms with Crippen LogP contribution in [0.4, 0.5) is 17.1 Å². The number of rotatable bonds is 5. The van der Waals surface area contributed by atoms with Crippen LogP contribution in [-0.2, 0) is 5.41 Å². The van der Waals surface area contributed by atoms with Crippen LogP contribution < -0.4 is 4.90 Å². The van der Waals surface area contributed by atoms with Crippen LogP contribution in [0.2, 0.25) is 0 Å². The molecule has 2 heteroatoms. The zero-order chi connectivity index (χ0) is 33.2.